The Morgan fingerprint density at radius 1 is 2.00 bits per heavy atom. The number of hydrazine groups is 1. The molecule has 1 rings (SSSR count). The van der Waals surface area contributed by atoms with Crippen LogP contribution < -0.4 is 5.53 Å². The Bertz CT molecular complexity index is 63.2. The monoisotopic (exact) mass is 87.0 g/mol. The van der Waals surface area contributed by atoms with Crippen LogP contribution in [0, 0.1) is 0 Å². The first-order chi connectivity index (χ1) is 2.89. The second-order valence-corrected chi connectivity index (χ2v) is 0.994. The fourth-order valence-corrected chi connectivity index (χ4v) is 0.266. The Kier molecular flexibility index (Phi) is 0.736. The first-order valence-electron chi connectivity index (χ1n) is 1.63. The van der Waals surface area contributed by atoms with E-state index in [1.54, 1.807) is 6.21 Å². The summed E-state index contributed by atoms with van der Waals surface area (Å²) in [4.78, 5) is 0. The van der Waals surface area contributed by atoms with E-state index in [1.165, 1.54) is 0 Å². The van der Waals surface area contributed by atoms with Gasteiger partial charge >= 0.3 is 0 Å². The second kappa shape index (κ2) is 1.24. The molecule has 0 saturated carbocycles. The number of nitrogens with one attached hydrogen (secondary N) is 1. The number of hydroxylamine groups is 1. The highest BCUT2D eigenvalue weighted by Gasteiger charge is 1.96. The Labute approximate surface area is 35.0 Å². The molecule has 0 aromatic carbocycles. The summed E-state index contributed by atoms with van der Waals surface area (Å²) in [7, 11) is 0. The highest BCUT2D eigenvalue weighted by molar-refractivity contribution is 5.60. The molecule has 1 aliphatic rings. The van der Waals surface area contributed by atoms with E-state index in [0.717, 1.165) is 5.17 Å². The van der Waals surface area contributed by atoms with Gasteiger partial charge in [-0.1, -0.05) is 5.17 Å². The number of nitrogens with zero attached hydrogens (tertiary/aromatic N) is 2. The Balaban J connectivity index is 2.32. The molecule has 6 heavy (non-hydrogen) atoms. The molecule has 1 heterocycles. The molecule has 4 nitrogen and oxygen atoms in total. The third-order valence-electron chi connectivity index (χ3n) is 0.519. The van der Waals surface area contributed by atoms with Crippen LogP contribution in [0.2, 0.25) is 0 Å². The first-order valence-corrected chi connectivity index (χ1v) is 1.63. The molecule has 0 aromatic heterocycles. The average molecular weight is 87.1 g/mol. The van der Waals surface area contributed by atoms with Crippen LogP contribution in [0.25, 0.3) is 0 Å². The highest BCUT2D eigenvalue weighted by atomic mass is 16.5. The summed E-state index contributed by atoms with van der Waals surface area (Å²) in [5, 5.41) is 12.7. The van der Waals surface area contributed by atoms with Gasteiger partial charge in [-0.3, -0.25) is 5.21 Å². The lowest BCUT2D eigenvalue weighted by Crippen LogP contribution is -2.25. The van der Waals surface area contributed by atoms with Gasteiger partial charge in [0.2, 0.25) is 0 Å². The Morgan fingerprint density at radius 3 is 3.00 bits per heavy atom. The third-order valence-corrected chi connectivity index (χ3v) is 0.519. The van der Waals surface area contributed by atoms with Gasteiger partial charge in [-0.25, -0.2) is 5.53 Å². The maximum atomic E-state index is 8.33. The van der Waals surface area contributed by atoms with Gasteiger partial charge in [0.15, 0.2) is 0 Å². The van der Waals surface area contributed by atoms with E-state index in [9.17, 15) is 0 Å². The fraction of sp³-hybridized carbons (Fsp3) is 0.500. The topological polar surface area (TPSA) is 47.9 Å². The predicted molar refractivity (Wildman–Crippen MR) is 20.1 cm³/mol. The van der Waals surface area contributed by atoms with Crippen LogP contribution in [0.5, 0.6) is 0 Å². The van der Waals surface area contributed by atoms with Crippen LogP contribution in [-0.2, 0) is 0 Å². The van der Waals surface area contributed by atoms with Crippen molar-refractivity contribution in [2.45, 2.75) is 0 Å². The molecule has 4 heteroatoms. The zero-order chi connectivity index (χ0) is 4.41. The lowest BCUT2D eigenvalue weighted by Gasteiger charge is -1.99. The highest BCUT2D eigenvalue weighted by Crippen LogP contribution is 1.76. The van der Waals surface area contributed by atoms with Gasteiger partial charge < -0.3 is 0 Å². The number of rotatable bonds is 0. The van der Waals surface area contributed by atoms with Gasteiger partial charge in [-0.15, -0.1) is 0 Å². The fourth-order valence-electron chi connectivity index (χ4n) is 0.266. The summed E-state index contributed by atoms with van der Waals surface area (Å²) in [5.41, 5.74) is 2.28. The van der Waals surface area contributed by atoms with Crippen molar-refractivity contribution in [3.63, 3.8) is 0 Å². The minimum Gasteiger partial charge on any atom is -0.293 e. The van der Waals surface area contributed by atoms with E-state index in [2.05, 4.69) is 10.6 Å². The van der Waals surface area contributed by atoms with E-state index in [0.29, 0.717) is 6.54 Å². The third kappa shape index (κ3) is 0.474. The molecule has 0 saturated heterocycles. The molecule has 0 radical (unpaired) electrons. The van der Waals surface area contributed by atoms with Gasteiger partial charge in [0.25, 0.3) is 0 Å². The van der Waals surface area contributed by atoms with Gasteiger partial charge in [0.1, 0.15) is 0 Å². The lowest BCUT2D eigenvalue weighted by atomic mass is 10.8. The largest absolute Gasteiger partial charge is 0.293 e. The molecule has 0 aromatic rings. The number of hydrazone groups is 1. The summed E-state index contributed by atoms with van der Waals surface area (Å²) in [6.45, 7) is 0.472. The minimum atomic E-state index is 0.472. The van der Waals surface area contributed by atoms with Crippen molar-refractivity contribution < 1.29 is 5.21 Å². The molecule has 0 aliphatic carbocycles. The maximum Gasteiger partial charge on any atom is 0.0837 e. The van der Waals surface area contributed by atoms with Crippen molar-refractivity contribution in [2.24, 2.45) is 5.10 Å². The summed E-state index contributed by atoms with van der Waals surface area (Å²) in [6.07, 6.45) is 1.57. The van der Waals surface area contributed by atoms with Crippen LogP contribution in [0.4, 0.5) is 0 Å². The van der Waals surface area contributed by atoms with Crippen molar-refractivity contribution >= 4 is 6.21 Å². The van der Waals surface area contributed by atoms with E-state index >= 15 is 0 Å². The van der Waals surface area contributed by atoms with E-state index in [-0.39, 0.29) is 0 Å². The second-order valence-electron chi connectivity index (χ2n) is 0.994. The smallest absolute Gasteiger partial charge is 0.0837 e. The summed E-state index contributed by atoms with van der Waals surface area (Å²) in [5.74, 6) is 0. The molecular formula is C2H5N3O. The van der Waals surface area contributed by atoms with Crippen molar-refractivity contribution in [1.29, 1.82) is 0 Å². The van der Waals surface area contributed by atoms with Gasteiger partial charge in [-0.2, -0.15) is 5.10 Å². The molecular weight excluding hydrogens is 82.0 g/mol. The quantitative estimate of drug-likeness (QED) is 0.406. The normalized spacial score (nSPS) is 21.5. The lowest BCUT2D eigenvalue weighted by molar-refractivity contribution is -0.113. The summed E-state index contributed by atoms with van der Waals surface area (Å²) in [6, 6.07) is 0. The van der Waals surface area contributed by atoms with E-state index < -0.39 is 0 Å². The van der Waals surface area contributed by atoms with Crippen LogP contribution in [0.1, 0.15) is 0 Å². The molecule has 2 N–H and O–H groups in total. The molecule has 0 atom stereocenters. The first kappa shape index (κ1) is 3.58. The summed E-state index contributed by atoms with van der Waals surface area (Å²) < 4.78 is 0. The minimum absolute atomic E-state index is 0.472. The van der Waals surface area contributed by atoms with Crippen molar-refractivity contribution in [3.8, 4) is 0 Å². The predicted octanol–water partition coefficient (Wildman–Crippen LogP) is -0.818. The molecule has 0 fully saturated rings. The van der Waals surface area contributed by atoms with Crippen LogP contribution in [-0.4, -0.2) is 23.1 Å². The maximum absolute atomic E-state index is 8.33. The number of hydrogen-bond acceptors (Lipinski definition) is 4. The zero-order valence-corrected chi connectivity index (χ0v) is 3.13. The zero-order valence-electron chi connectivity index (χ0n) is 3.13. The molecule has 34 valence electrons. The molecule has 1 aliphatic heterocycles. The van der Waals surface area contributed by atoms with Crippen LogP contribution in [0.3, 0.4) is 0 Å². The number of hydrogen-bond donors (Lipinski definition) is 2. The van der Waals surface area contributed by atoms with Crippen molar-refractivity contribution in [3.05, 3.63) is 0 Å². The molecule has 0 bridgehead atoms. The van der Waals surface area contributed by atoms with Crippen molar-refractivity contribution in [2.75, 3.05) is 6.54 Å². The van der Waals surface area contributed by atoms with Crippen molar-refractivity contribution in [1.82, 2.24) is 10.7 Å². The van der Waals surface area contributed by atoms with E-state index in [1.807, 2.05) is 0 Å². The Morgan fingerprint density at radius 2 is 2.83 bits per heavy atom. The summed E-state index contributed by atoms with van der Waals surface area (Å²) >= 11 is 0. The van der Waals surface area contributed by atoms with Gasteiger partial charge in [-0.05, 0) is 0 Å². The van der Waals surface area contributed by atoms with Crippen LogP contribution in [0.15, 0.2) is 5.10 Å². The molecule has 0 unspecified atom stereocenters. The SMILES string of the molecule is ON1CC=NN1. The van der Waals surface area contributed by atoms with E-state index in [4.69, 9.17) is 5.21 Å². The Hall–Kier alpha value is -0.610. The molecule has 0 amide bonds. The standard InChI is InChI=1S/C2H5N3O/c6-5-2-1-3-4-5/h1,4,6H,2H2. The average Bonchev–Trinajstić information content (AvgIpc) is 1.86. The van der Waals surface area contributed by atoms with Crippen LogP contribution >= 0.6 is 0 Å². The van der Waals surface area contributed by atoms with Gasteiger partial charge in [0, 0.05) is 6.21 Å². The molecule has 0 spiro atoms. The van der Waals surface area contributed by atoms with Gasteiger partial charge in [0.05, 0.1) is 6.54 Å².